The number of nitrogens with zero attached hydrogens (tertiary/aromatic N) is 1. The summed E-state index contributed by atoms with van der Waals surface area (Å²) in [6.45, 7) is 14.9. The highest BCUT2D eigenvalue weighted by Gasteiger charge is 2.33. The van der Waals surface area contributed by atoms with Crippen LogP contribution in [0.25, 0.3) is 0 Å². The molecule has 0 aliphatic carbocycles. The first-order valence-electron chi connectivity index (χ1n) is 9.36. The van der Waals surface area contributed by atoms with Gasteiger partial charge < -0.3 is 4.74 Å². The summed E-state index contributed by atoms with van der Waals surface area (Å²) in [7, 11) is -0.481. The molecule has 1 aliphatic rings. The molecule has 3 heteroatoms. The standard InChI is InChI=1S/C23H30NOP/c1-16-9-17(2)12-20(11-16)26(21-13-18(3)10-19(4)14-21)15-23(5,6)22-24-7-8-25-22/h9-14H,7-8,15H2,1-6H3. The third-order valence-corrected chi connectivity index (χ3v) is 7.62. The molecule has 2 nitrogen and oxygen atoms in total. The van der Waals surface area contributed by atoms with E-state index in [-0.39, 0.29) is 5.41 Å². The molecular formula is C23H30NOP. The van der Waals surface area contributed by atoms with Crippen LogP contribution in [-0.4, -0.2) is 25.2 Å². The molecular weight excluding hydrogens is 337 g/mol. The molecule has 0 saturated heterocycles. The van der Waals surface area contributed by atoms with Crippen LogP contribution in [0.2, 0.25) is 0 Å². The SMILES string of the molecule is Cc1cc(C)cc(P(CC(C)(C)C2=NCCO2)c2cc(C)cc(C)c2)c1. The van der Waals surface area contributed by atoms with Crippen molar-refractivity contribution in [2.24, 2.45) is 10.4 Å². The fourth-order valence-electron chi connectivity index (χ4n) is 3.75. The van der Waals surface area contributed by atoms with E-state index in [1.807, 2.05) is 0 Å². The fraction of sp³-hybridized carbons (Fsp3) is 0.435. The van der Waals surface area contributed by atoms with Crippen LogP contribution in [0.15, 0.2) is 41.4 Å². The van der Waals surface area contributed by atoms with Crippen molar-refractivity contribution in [2.75, 3.05) is 19.3 Å². The first-order valence-corrected chi connectivity index (χ1v) is 10.9. The van der Waals surface area contributed by atoms with Crippen LogP contribution in [0.5, 0.6) is 0 Å². The Morgan fingerprint density at radius 1 is 0.846 bits per heavy atom. The van der Waals surface area contributed by atoms with Crippen molar-refractivity contribution >= 4 is 24.4 Å². The van der Waals surface area contributed by atoms with Crippen molar-refractivity contribution in [1.82, 2.24) is 0 Å². The number of benzene rings is 2. The van der Waals surface area contributed by atoms with E-state index in [0.29, 0.717) is 0 Å². The predicted octanol–water partition coefficient (Wildman–Crippen LogP) is 4.81. The molecule has 1 heterocycles. The highest BCUT2D eigenvalue weighted by Crippen LogP contribution is 2.42. The van der Waals surface area contributed by atoms with Gasteiger partial charge in [-0.2, -0.15) is 0 Å². The second kappa shape index (κ2) is 7.53. The van der Waals surface area contributed by atoms with Gasteiger partial charge in [-0.25, -0.2) is 0 Å². The molecule has 138 valence electrons. The van der Waals surface area contributed by atoms with E-state index < -0.39 is 7.92 Å². The van der Waals surface area contributed by atoms with Crippen LogP contribution in [0.4, 0.5) is 0 Å². The molecule has 0 amide bonds. The third kappa shape index (κ3) is 4.35. The highest BCUT2D eigenvalue weighted by molar-refractivity contribution is 7.73. The Labute approximate surface area is 159 Å². The molecule has 0 unspecified atom stereocenters. The molecule has 0 bridgehead atoms. The summed E-state index contributed by atoms with van der Waals surface area (Å²) in [5.74, 6) is 0.929. The van der Waals surface area contributed by atoms with Crippen molar-refractivity contribution in [3.8, 4) is 0 Å². The Kier molecular flexibility index (Phi) is 5.53. The van der Waals surface area contributed by atoms with Crippen LogP contribution in [-0.2, 0) is 4.74 Å². The van der Waals surface area contributed by atoms with Crippen LogP contribution in [0, 0.1) is 33.1 Å². The van der Waals surface area contributed by atoms with Gasteiger partial charge in [0.2, 0.25) is 0 Å². The van der Waals surface area contributed by atoms with Crippen molar-refractivity contribution < 1.29 is 4.74 Å². The summed E-state index contributed by atoms with van der Waals surface area (Å²) in [6.07, 6.45) is 1.05. The topological polar surface area (TPSA) is 21.6 Å². The first-order chi connectivity index (χ1) is 12.2. The second-order valence-corrected chi connectivity index (χ2v) is 10.4. The van der Waals surface area contributed by atoms with Gasteiger partial charge in [-0.1, -0.05) is 72.5 Å². The van der Waals surface area contributed by atoms with Crippen molar-refractivity contribution in [3.63, 3.8) is 0 Å². The Morgan fingerprint density at radius 3 is 1.69 bits per heavy atom. The minimum atomic E-state index is -0.481. The molecule has 0 saturated carbocycles. The molecule has 26 heavy (non-hydrogen) atoms. The van der Waals surface area contributed by atoms with Gasteiger partial charge in [-0.15, -0.1) is 0 Å². The van der Waals surface area contributed by atoms with Gasteiger partial charge >= 0.3 is 0 Å². The first kappa shape index (κ1) is 19.1. The molecule has 1 aliphatic heterocycles. The van der Waals surface area contributed by atoms with Crippen LogP contribution in [0.3, 0.4) is 0 Å². The van der Waals surface area contributed by atoms with E-state index in [1.165, 1.54) is 32.9 Å². The van der Waals surface area contributed by atoms with E-state index in [9.17, 15) is 0 Å². The van der Waals surface area contributed by atoms with Crippen molar-refractivity contribution in [2.45, 2.75) is 41.5 Å². The lowest BCUT2D eigenvalue weighted by Gasteiger charge is -2.30. The number of hydrogen-bond donors (Lipinski definition) is 0. The molecule has 3 rings (SSSR count). The number of aliphatic imine (C=N–C) groups is 1. The van der Waals surface area contributed by atoms with Gasteiger partial charge in [0.25, 0.3) is 0 Å². The summed E-state index contributed by atoms with van der Waals surface area (Å²) in [5, 5.41) is 2.91. The Balaban J connectivity index is 2.06. The Morgan fingerprint density at radius 2 is 1.31 bits per heavy atom. The Hall–Kier alpha value is -1.66. The highest BCUT2D eigenvalue weighted by atomic mass is 31.1. The van der Waals surface area contributed by atoms with Crippen molar-refractivity contribution in [1.29, 1.82) is 0 Å². The minimum Gasteiger partial charge on any atom is -0.479 e. The van der Waals surface area contributed by atoms with Gasteiger partial charge in [0.05, 0.1) is 6.54 Å². The summed E-state index contributed by atoms with van der Waals surface area (Å²) in [6, 6.07) is 14.0. The largest absolute Gasteiger partial charge is 0.479 e. The van der Waals surface area contributed by atoms with Crippen LogP contribution < -0.4 is 10.6 Å². The molecule has 0 aromatic heterocycles. The van der Waals surface area contributed by atoms with Gasteiger partial charge in [0.1, 0.15) is 6.61 Å². The molecule has 0 atom stereocenters. The minimum absolute atomic E-state index is 0.0580. The third-order valence-electron chi connectivity index (χ3n) is 4.75. The number of ether oxygens (including phenoxy) is 1. The van der Waals surface area contributed by atoms with E-state index in [2.05, 4.69) is 82.9 Å². The summed E-state index contributed by atoms with van der Waals surface area (Å²) in [5.41, 5.74) is 5.29. The smallest absolute Gasteiger partial charge is 0.189 e. The Bertz CT molecular complexity index is 746. The quantitative estimate of drug-likeness (QED) is 0.695. The van der Waals surface area contributed by atoms with Gasteiger partial charge in [-0.05, 0) is 52.4 Å². The number of rotatable bonds is 5. The zero-order valence-corrected chi connectivity index (χ0v) is 17.8. The van der Waals surface area contributed by atoms with Crippen LogP contribution in [0.1, 0.15) is 36.1 Å². The van der Waals surface area contributed by atoms with Crippen molar-refractivity contribution in [3.05, 3.63) is 58.7 Å². The van der Waals surface area contributed by atoms with Gasteiger partial charge in [0.15, 0.2) is 5.90 Å². The maximum absolute atomic E-state index is 5.85. The molecule has 0 fully saturated rings. The van der Waals surface area contributed by atoms with Gasteiger partial charge in [-0.3, -0.25) is 4.99 Å². The second-order valence-electron chi connectivity index (χ2n) is 8.20. The maximum Gasteiger partial charge on any atom is 0.189 e. The van der Waals surface area contributed by atoms with E-state index in [4.69, 9.17) is 4.74 Å². The lowest BCUT2D eigenvalue weighted by Crippen LogP contribution is -2.32. The zero-order chi connectivity index (χ0) is 18.9. The van der Waals surface area contributed by atoms with Gasteiger partial charge in [0, 0.05) is 5.41 Å². The molecule has 0 radical (unpaired) electrons. The van der Waals surface area contributed by atoms with E-state index in [0.717, 1.165) is 25.2 Å². The fourth-order valence-corrected chi connectivity index (χ4v) is 6.78. The predicted molar refractivity (Wildman–Crippen MR) is 115 cm³/mol. The average molecular weight is 367 g/mol. The monoisotopic (exact) mass is 367 g/mol. The van der Waals surface area contributed by atoms with Crippen LogP contribution >= 0.6 is 7.92 Å². The summed E-state index contributed by atoms with van der Waals surface area (Å²) < 4.78 is 5.85. The van der Waals surface area contributed by atoms with E-state index >= 15 is 0 Å². The molecule has 2 aromatic rings. The zero-order valence-electron chi connectivity index (χ0n) is 16.9. The number of aryl methyl sites for hydroxylation is 4. The summed E-state index contributed by atoms with van der Waals surface area (Å²) in [4.78, 5) is 4.62. The lowest BCUT2D eigenvalue weighted by atomic mass is 9.96. The average Bonchev–Trinajstić information content (AvgIpc) is 3.06. The normalized spacial score (nSPS) is 14.5. The lowest BCUT2D eigenvalue weighted by molar-refractivity contribution is 0.304. The number of hydrogen-bond acceptors (Lipinski definition) is 2. The van der Waals surface area contributed by atoms with E-state index in [1.54, 1.807) is 0 Å². The summed E-state index contributed by atoms with van der Waals surface area (Å²) >= 11 is 0. The molecule has 0 spiro atoms. The maximum atomic E-state index is 5.85. The molecule has 0 N–H and O–H groups in total. The molecule has 2 aromatic carbocycles.